The number of allylic oxidation sites excluding steroid dienone is 4. The maximum Gasteiger partial charge on any atom is -1.00 e. The molecule has 0 saturated heterocycles. The van der Waals surface area contributed by atoms with Gasteiger partial charge in [0.25, 0.3) is 0 Å². The molecular formula is C31H32Cl2Zr. The molecule has 0 bridgehead atoms. The fourth-order valence-electron chi connectivity index (χ4n) is 5.27. The van der Waals surface area contributed by atoms with Crippen LogP contribution in [0.1, 0.15) is 51.3 Å². The largest absolute Gasteiger partial charge is 1.00 e. The Bertz CT molecular complexity index is 1290. The summed E-state index contributed by atoms with van der Waals surface area (Å²) in [6.45, 7) is 11.9. The second-order valence-electron chi connectivity index (χ2n) is 10.3. The van der Waals surface area contributed by atoms with E-state index in [1.807, 2.05) is 0 Å². The molecule has 174 valence electrons. The van der Waals surface area contributed by atoms with Crippen LogP contribution in [0.15, 0.2) is 93.8 Å². The maximum absolute atomic E-state index is 2.59. The predicted octanol–water partition coefficient (Wildman–Crippen LogP) is 1.26. The molecule has 3 aromatic rings. The Morgan fingerprint density at radius 2 is 1.47 bits per heavy atom. The van der Waals surface area contributed by atoms with E-state index in [0.29, 0.717) is 5.92 Å². The first-order valence-corrected chi connectivity index (χ1v) is 15.4. The third kappa shape index (κ3) is 4.90. The van der Waals surface area contributed by atoms with Crippen LogP contribution in [0.4, 0.5) is 0 Å². The minimum Gasteiger partial charge on any atom is -1.00 e. The normalized spacial score (nSPS) is 16.4. The number of rotatable bonds is 3. The molecule has 5 rings (SSSR count). The fourth-order valence-corrected chi connectivity index (χ4v) is 13.2. The zero-order valence-electron chi connectivity index (χ0n) is 20.6. The van der Waals surface area contributed by atoms with Gasteiger partial charge in [0, 0.05) is 0 Å². The minimum absolute atomic E-state index is 0. The van der Waals surface area contributed by atoms with E-state index in [1.165, 1.54) is 27.8 Å². The van der Waals surface area contributed by atoms with Gasteiger partial charge in [0.05, 0.1) is 0 Å². The molecule has 1 atom stereocenters. The summed E-state index contributed by atoms with van der Waals surface area (Å²) in [6.07, 6.45) is 6.20. The van der Waals surface area contributed by atoms with E-state index in [4.69, 9.17) is 0 Å². The van der Waals surface area contributed by atoms with Gasteiger partial charge in [0.15, 0.2) is 0 Å². The monoisotopic (exact) mass is 564 g/mol. The minimum atomic E-state index is -2.36. The molecule has 0 nitrogen and oxygen atoms in total. The molecule has 0 radical (unpaired) electrons. The molecule has 0 amide bonds. The molecule has 0 spiro atoms. The summed E-state index contributed by atoms with van der Waals surface area (Å²) in [7, 11) is 0. The van der Waals surface area contributed by atoms with Crippen LogP contribution in [0, 0.1) is 11.3 Å². The van der Waals surface area contributed by atoms with Crippen molar-refractivity contribution in [1.29, 1.82) is 0 Å². The van der Waals surface area contributed by atoms with Crippen LogP contribution in [-0.4, -0.2) is 3.21 Å². The third-order valence-electron chi connectivity index (χ3n) is 7.09. The summed E-state index contributed by atoms with van der Waals surface area (Å²) >= 11 is -2.36. The molecule has 0 aliphatic heterocycles. The van der Waals surface area contributed by atoms with Crippen molar-refractivity contribution in [1.82, 2.24) is 0 Å². The SMILES string of the molecule is C/[C](c1ccccc1)=[Zr+2](\[C]1=CC(C(C)(C)C)=CC1C)[c]1cccc2c1Cc1ccccc1-2.[Cl-].[Cl-]. The van der Waals surface area contributed by atoms with Crippen LogP contribution >= 0.6 is 0 Å². The first-order valence-electron chi connectivity index (χ1n) is 11.8. The van der Waals surface area contributed by atoms with Gasteiger partial charge in [0.2, 0.25) is 0 Å². The summed E-state index contributed by atoms with van der Waals surface area (Å²) in [5, 5.41) is 0. The van der Waals surface area contributed by atoms with Crippen LogP contribution in [0.2, 0.25) is 0 Å². The van der Waals surface area contributed by atoms with Crippen molar-refractivity contribution in [2.75, 3.05) is 0 Å². The zero-order valence-corrected chi connectivity index (χ0v) is 24.6. The van der Waals surface area contributed by atoms with E-state index >= 15 is 0 Å². The summed E-state index contributed by atoms with van der Waals surface area (Å²) < 4.78 is 5.03. The predicted molar refractivity (Wildman–Crippen MR) is 135 cm³/mol. The van der Waals surface area contributed by atoms with E-state index in [2.05, 4.69) is 120 Å². The van der Waals surface area contributed by atoms with Crippen LogP contribution in [0.3, 0.4) is 0 Å². The first kappa shape index (κ1) is 27.1. The summed E-state index contributed by atoms with van der Waals surface area (Å²) in [6, 6.07) is 27.2. The van der Waals surface area contributed by atoms with Crippen molar-refractivity contribution in [3.63, 3.8) is 0 Å². The van der Waals surface area contributed by atoms with Crippen molar-refractivity contribution >= 4 is 6.48 Å². The van der Waals surface area contributed by atoms with Gasteiger partial charge in [0.1, 0.15) is 0 Å². The molecular weight excluding hydrogens is 534 g/mol. The number of benzene rings is 3. The Hall–Kier alpha value is -1.53. The molecule has 1 unspecified atom stereocenters. The average molecular weight is 567 g/mol. The van der Waals surface area contributed by atoms with Crippen molar-refractivity contribution in [2.45, 2.75) is 41.0 Å². The van der Waals surface area contributed by atoms with Crippen molar-refractivity contribution in [3.8, 4) is 11.1 Å². The van der Waals surface area contributed by atoms with Crippen molar-refractivity contribution < 1.29 is 46.1 Å². The molecule has 3 aromatic carbocycles. The standard InChI is InChI=1S/C13H9.C10H15.C8H8.2ClH.Zr/c1-3-7-12-10(5-1)9-11-6-2-4-8-13(11)12;1-8-5-6-9(7-8)10(2,3)4;1-2-8-6-4-3-5-7-8;;;/h1-5,7-8H,9H2;6-8H,1-4H3;3-7H,1H3;2*1H;/q;;;;;+2/p-2. The Labute approximate surface area is 225 Å². The van der Waals surface area contributed by atoms with Crippen molar-refractivity contribution in [2.24, 2.45) is 11.3 Å². The summed E-state index contributed by atoms with van der Waals surface area (Å²) in [4.78, 5) is 0. The molecule has 34 heavy (non-hydrogen) atoms. The van der Waals surface area contributed by atoms with Gasteiger partial charge in [-0.15, -0.1) is 0 Å². The maximum atomic E-state index is 2.59. The molecule has 2 aliphatic carbocycles. The molecule has 2 aliphatic rings. The Morgan fingerprint density at radius 1 is 0.824 bits per heavy atom. The van der Waals surface area contributed by atoms with E-state index in [0.717, 1.165) is 6.42 Å². The molecule has 0 aromatic heterocycles. The average Bonchev–Trinajstić information content (AvgIpc) is 3.36. The van der Waals surface area contributed by atoms with E-state index in [1.54, 1.807) is 15.3 Å². The quantitative estimate of drug-likeness (QED) is 0.351. The number of fused-ring (bicyclic) bond motifs is 3. The number of hydrogen-bond acceptors (Lipinski definition) is 0. The van der Waals surface area contributed by atoms with E-state index in [-0.39, 0.29) is 30.2 Å². The van der Waals surface area contributed by atoms with E-state index in [9.17, 15) is 0 Å². The molecule has 0 fully saturated rings. The van der Waals surface area contributed by atoms with Gasteiger partial charge >= 0.3 is 202 Å². The van der Waals surface area contributed by atoms with Gasteiger partial charge in [-0.25, -0.2) is 0 Å². The van der Waals surface area contributed by atoms with Crippen LogP contribution in [-0.2, 0) is 27.7 Å². The van der Waals surface area contributed by atoms with Gasteiger partial charge in [-0.05, 0) is 0 Å². The molecule has 0 heterocycles. The molecule has 3 heteroatoms. The molecule has 0 saturated carbocycles. The third-order valence-corrected chi connectivity index (χ3v) is 15.0. The fraction of sp³-hybridized carbons (Fsp3) is 0.258. The number of halogens is 2. The Balaban J connectivity index is 0.00000162. The zero-order chi connectivity index (χ0) is 22.5. The second-order valence-corrected chi connectivity index (χ2v) is 16.7. The molecule has 0 N–H and O–H groups in total. The summed E-state index contributed by atoms with van der Waals surface area (Å²) in [5.41, 5.74) is 9.10. The van der Waals surface area contributed by atoms with Crippen molar-refractivity contribution in [3.05, 3.63) is 110 Å². The van der Waals surface area contributed by atoms with Crippen LogP contribution in [0.5, 0.6) is 0 Å². The number of hydrogen-bond donors (Lipinski definition) is 0. The Kier molecular flexibility index (Phi) is 8.45. The van der Waals surface area contributed by atoms with Gasteiger partial charge in [-0.3, -0.25) is 0 Å². The topological polar surface area (TPSA) is 0 Å². The smallest absolute Gasteiger partial charge is 1.00 e. The Morgan fingerprint density at radius 3 is 2.15 bits per heavy atom. The summed E-state index contributed by atoms with van der Waals surface area (Å²) in [5.74, 6) is 0.525. The van der Waals surface area contributed by atoms with Gasteiger partial charge in [-0.1, -0.05) is 0 Å². The second kappa shape index (κ2) is 10.6. The van der Waals surface area contributed by atoms with Gasteiger partial charge in [-0.2, -0.15) is 0 Å². The van der Waals surface area contributed by atoms with Crippen LogP contribution < -0.4 is 28.1 Å². The van der Waals surface area contributed by atoms with E-state index < -0.39 is 21.3 Å². The first-order chi connectivity index (χ1) is 15.3. The van der Waals surface area contributed by atoms with Crippen LogP contribution in [0.25, 0.3) is 11.1 Å². The van der Waals surface area contributed by atoms with Gasteiger partial charge < -0.3 is 24.8 Å².